The van der Waals surface area contributed by atoms with E-state index in [1.165, 1.54) is 0 Å². The fourth-order valence-corrected chi connectivity index (χ4v) is 3.53. The molecule has 6 nitrogen and oxygen atoms in total. The molecule has 3 aromatic carbocycles. The quantitative estimate of drug-likeness (QED) is 0.454. The molecule has 156 valence electrons. The average molecular weight is 471 g/mol. The van der Waals surface area contributed by atoms with Gasteiger partial charge in [0.15, 0.2) is 6.61 Å². The molecule has 0 radical (unpaired) electrons. The molecule has 0 unspecified atom stereocenters. The highest BCUT2D eigenvalue weighted by Gasteiger charge is 2.10. The standard InChI is InChI=1S/C23H23BrN2O4/c1-29-13-5-12-25-23(28)17-7-4-8-18(14-17)26-21(27)15-30-20-11-10-16-6-2-3-9-19(16)22(20)24/h2-4,6-11,14H,5,12-13,15H2,1H3,(H,25,28)(H,26,27). The number of nitrogens with one attached hydrogen (secondary N) is 2. The van der Waals surface area contributed by atoms with Gasteiger partial charge in [0, 0.05) is 31.5 Å². The van der Waals surface area contributed by atoms with Crippen molar-refractivity contribution in [3.05, 3.63) is 70.7 Å². The minimum absolute atomic E-state index is 0.148. The van der Waals surface area contributed by atoms with E-state index in [0.29, 0.717) is 30.2 Å². The summed E-state index contributed by atoms with van der Waals surface area (Å²) in [4.78, 5) is 24.5. The number of hydrogen-bond donors (Lipinski definition) is 2. The number of ether oxygens (including phenoxy) is 2. The van der Waals surface area contributed by atoms with E-state index >= 15 is 0 Å². The Morgan fingerprint density at radius 1 is 1.03 bits per heavy atom. The second-order valence-electron chi connectivity index (χ2n) is 6.62. The van der Waals surface area contributed by atoms with Crippen molar-refractivity contribution in [2.24, 2.45) is 0 Å². The smallest absolute Gasteiger partial charge is 0.262 e. The lowest BCUT2D eigenvalue weighted by atomic mass is 10.1. The van der Waals surface area contributed by atoms with E-state index in [2.05, 4.69) is 26.6 Å². The fraction of sp³-hybridized carbons (Fsp3) is 0.217. The van der Waals surface area contributed by atoms with E-state index in [1.807, 2.05) is 36.4 Å². The molecule has 0 heterocycles. The molecule has 0 saturated heterocycles. The maximum Gasteiger partial charge on any atom is 0.262 e. The van der Waals surface area contributed by atoms with Crippen molar-refractivity contribution in [2.45, 2.75) is 6.42 Å². The van der Waals surface area contributed by atoms with Crippen LogP contribution in [0.1, 0.15) is 16.8 Å². The highest BCUT2D eigenvalue weighted by Crippen LogP contribution is 2.33. The third-order valence-corrected chi connectivity index (χ3v) is 5.22. The van der Waals surface area contributed by atoms with Crippen molar-refractivity contribution in [1.82, 2.24) is 5.32 Å². The summed E-state index contributed by atoms with van der Waals surface area (Å²) in [5.74, 6) is 0.0827. The monoisotopic (exact) mass is 470 g/mol. The van der Waals surface area contributed by atoms with Crippen LogP contribution >= 0.6 is 15.9 Å². The third-order valence-electron chi connectivity index (χ3n) is 4.41. The summed E-state index contributed by atoms with van der Waals surface area (Å²) in [5.41, 5.74) is 1.01. The van der Waals surface area contributed by atoms with E-state index in [9.17, 15) is 9.59 Å². The van der Waals surface area contributed by atoms with Gasteiger partial charge in [-0.25, -0.2) is 0 Å². The molecular formula is C23H23BrN2O4. The molecule has 30 heavy (non-hydrogen) atoms. The van der Waals surface area contributed by atoms with Gasteiger partial charge in [-0.1, -0.05) is 36.4 Å². The first-order valence-corrected chi connectivity index (χ1v) is 10.3. The Morgan fingerprint density at radius 2 is 1.87 bits per heavy atom. The Bertz CT molecular complexity index is 1040. The number of amides is 2. The number of halogens is 1. The summed E-state index contributed by atoms with van der Waals surface area (Å²) in [6.07, 6.45) is 0.736. The van der Waals surface area contributed by atoms with E-state index in [1.54, 1.807) is 31.4 Å². The van der Waals surface area contributed by atoms with Crippen molar-refractivity contribution in [3.63, 3.8) is 0 Å². The topological polar surface area (TPSA) is 76.7 Å². The van der Waals surface area contributed by atoms with Crippen LogP contribution in [0, 0.1) is 0 Å². The molecule has 0 aromatic heterocycles. The van der Waals surface area contributed by atoms with Crippen LogP contribution in [0.2, 0.25) is 0 Å². The number of hydrogen-bond acceptors (Lipinski definition) is 4. The van der Waals surface area contributed by atoms with Gasteiger partial charge in [-0.05, 0) is 57.4 Å². The number of benzene rings is 3. The van der Waals surface area contributed by atoms with Crippen molar-refractivity contribution in [3.8, 4) is 5.75 Å². The molecule has 0 aliphatic carbocycles. The second-order valence-corrected chi connectivity index (χ2v) is 7.41. The van der Waals surface area contributed by atoms with Gasteiger partial charge in [-0.2, -0.15) is 0 Å². The van der Waals surface area contributed by atoms with Crippen LogP contribution in [0.3, 0.4) is 0 Å². The summed E-state index contributed by atoms with van der Waals surface area (Å²) in [6.45, 7) is 0.964. The number of methoxy groups -OCH3 is 1. The first-order valence-electron chi connectivity index (χ1n) is 9.55. The molecule has 0 aliphatic rings. The van der Waals surface area contributed by atoms with E-state index in [0.717, 1.165) is 21.7 Å². The first kappa shape index (κ1) is 21.8. The molecule has 0 aliphatic heterocycles. The Balaban J connectivity index is 1.56. The van der Waals surface area contributed by atoms with Crippen LogP contribution in [0.25, 0.3) is 10.8 Å². The summed E-state index contributed by atoms with van der Waals surface area (Å²) < 4.78 is 11.5. The normalized spacial score (nSPS) is 10.6. The van der Waals surface area contributed by atoms with Crippen molar-refractivity contribution < 1.29 is 19.1 Å². The zero-order valence-electron chi connectivity index (χ0n) is 16.6. The lowest BCUT2D eigenvalue weighted by Crippen LogP contribution is -2.25. The number of carbonyl (C=O) groups is 2. The van der Waals surface area contributed by atoms with Gasteiger partial charge in [-0.15, -0.1) is 0 Å². The number of rotatable bonds is 9. The van der Waals surface area contributed by atoms with E-state index in [4.69, 9.17) is 9.47 Å². The predicted octanol–water partition coefficient (Wildman–Crippen LogP) is 4.39. The highest BCUT2D eigenvalue weighted by atomic mass is 79.9. The maximum absolute atomic E-state index is 12.3. The summed E-state index contributed by atoms with van der Waals surface area (Å²) in [5, 5.41) is 7.68. The molecule has 0 spiro atoms. The zero-order valence-corrected chi connectivity index (χ0v) is 18.2. The molecule has 0 saturated carbocycles. The van der Waals surface area contributed by atoms with Gasteiger partial charge < -0.3 is 20.1 Å². The van der Waals surface area contributed by atoms with Crippen molar-refractivity contribution in [1.29, 1.82) is 0 Å². The van der Waals surface area contributed by atoms with Crippen LogP contribution in [-0.2, 0) is 9.53 Å². The Labute approximate surface area is 183 Å². The van der Waals surface area contributed by atoms with Crippen molar-refractivity contribution in [2.75, 3.05) is 32.2 Å². The van der Waals surface area contributed by atoms with E-state index in [-0.39, 0.29) is 18.4 Å². The molecule has 2 N–H and O–H groups in total. The minimum Gasteiger partial charge on any atom is -0.483 e. The lowest BCUT2D eigenvalue weighted by Gasteiger charge is -2.11. The summed E-state index contributed by atoms with van der Waals surface area (Å²) in [7, 11) is 1.62. The molecule has 0 bridgehead atoms. The molecular weight excluding hydrogens is 448 g/mol. The lowest BCUT2D eigenvalue weighted by molar-refractivity contribution is -0.118. The highest BCUT2D eigenvalue weighted by molar-refractivity contribution is 9.10. The van der Waals surface area contributed by atoms with Gasteiger partial charge in [-0.3, -0.25) is 9.59 Å². The van der Waals surface area contributed by atoms with Crippen LogP contribution in [-0.4, -0.2) is 38.7 Å². The second kappa shape index (κ2) is 10.8. The van der Waals surface area contributed by atoms with Gasteiger partial charge in [0.25, 0.3) is 11.8 Å². The largest absolute Gasteiger partial charge is 0.483 e. The summed E-state index contributed by atoms with van der Waals surface area (Å²) in [6, 6.07) is 18.5. The van der Waals surface area contributed by atoms with Gasteiger partial charge in [0.1, 0.15) is 5.75 Å². The number of fused-ring (bicyclic) bond motifs is 1. The fourth-order valence-electron chi connectivity index (χ4n) is 2.92. The molecule has 2 amide bonds. The van der Waals surface area contributed by atoms with Crippen molar-refractivity contribution >= 4 is 44.2 Å². The molecule has 0 fully saturated rings. The SMILES string of the molecule is COCCCNC(=O)c1cccc(NC(=O)COc2ccc3ccccc3c2Br)c1. The molecule has 3 aromatic rings. The zero-order chi connectivity index (χ0) is 21.3. The third kappa shape index (κ3) is 5.81. The number of anilines is 1. The molecule has 0 atom stereocenters. The van der Waals surface area contributed by atoms with Crippen LogP contribution < -0.4 is 15.4 Å². The first-order chi connectivity index (χ1) is 14.6. The molecule has 7 heteroatoms. The molecule has 3 rings (SSSR count). The summed E-state index contributed by atoms with van der Waals surface area (Å²) >= 11 is 3.55. The minimum atomic E-state index is -0.312. The van der Waals surface area contributed by atoms with Gasteiger partial charge in [0.05, 0.1) is 4.47 Å². The van der Waals surface area contributed by atoms with Gasteiger partial charge >= 0.3 is 0 Å². The van der Waals surface area contributed by atoms with Crippen LogP contribution in [0.5, 0.6) is 5.75 Å². The predicted molar refractivity (Wildman–Crippen MR) is 121 cm³/mol. The Morgan fingerprint density at radius 3 is 2.70 bits per heavy atom. The number of carbonyl (C=O) groups excluding carboxylic acids is 2. The Kier molecular flexibility index (Phi) is 7.82. The van der Waals surface area contributed by atoms with Crippen LogP contribution in [0.4, 0.5) is 5.69 Å². The van der Waals surface area contributed by atoms with Gasteiger partial charge in [0.2, 0.25) is 0 Å². The Hall–Kier alpha value is -2.90. The maximum atomic E-state index is 12.3. The van der Waals surface area contributed by atoms with Crippen LogP contribution in [0.15, 0.2) is 65.1 Å². The van der Waals surface area contributed by atoms with E-state index < -0.39 is 0 Å². The average Bonchev–Trinajstić information content (AvgIpc) is 2.76.